The Morgan fingerprint density at radius 2 is 1.89 bits per heavy atom. The molecule has 2 heteroatoms. The molecular formula is C7H17N2+. The van der Waals surface area contributed by atoms with Gasteiger partial charge in [-0.2, -0.15) is 5.01 Å². The van der Waals surface area contributed by atoms with E-state index in [0.717, 1.165) is 4.59 Å². The molecule has 0 bridgehead atoms. The lowest BCUT2D eigenvalue weighted by Crippen LogP contribution is -2.56. The summed E-state index contributed by atoms with van der Waals surface area (Å²) in [5.41, 5.74) is 0. The fourth-order valence-electron chi connectivity index (χ4n) is 1.28. The maximum Gasteiger partial charge on any atom is 0.0960 e. The van der Waals surface area contributed by atoms with Crippen LogP contribution in [0, 0.1) is 0 Å². The molecule has 1 fully saturated rings. The molecule has 9 heavy (non-hydrogen) atoms. The van der Waals surface area contributed by atoms with Crippen molar-refractivity contribution in [3.8, 4) is 0 Å². The SMILES string of the molecule is CN1CCCC[N+]1(C)C. The van der Waals surface area contributed by atoms with Gasteiger partial charge in [0.05, 0.1) is 20.6 Å². The number of nitrogens with zero attached hydrogens (tertiary/aromatic N) is 2. The number of hydrogen-bond donors (Lipinski definition) is 0. The van der Waals surface area contributed by atoms with Crippen molar-refractivity contribution >= 4 is 0 Å². The Kier molecular flexibility index (Phi) is 1.78. The van der Waals surface area contributed by atoms with E-state index in [-0.39, 0.29) is 0 Å². The molecule has 1 aliphatic heterocycles. The zero-order chi connectivity index (χ0) is 6.91. The molecule has 0 spiro atoms. The molecule has 0 radical (unpaired) electrons. The molecular weight excluding hydrogens is 112 g/mol. The third kappa shape index (κ3) is 1.43. The summed E-state index contributed by atoms with van der Waals surface area (Å²) >= 11 is 0. The van der Waals surface area contributed by atoms with Crippen LogP contribution in [0.4, 0.5) is 0 Å². The monoisotopic (exact) mass is 129 g/mol. The van der Waals surface area contributed by atoms with Crippen molar-refractivity contribution in [2.45, 2.75) is 12.8 Å². The lowest BCUT2D eigenvalue weighted by molar-refractivity contribution is -1.00. The zero-order valence-electron chi connectivity index (χ0n) is 6.72. The van der Waals surface area contributed by atoms with Crippen LogP contribution in [0.3, 0.4) is 0 Å². The van der Waals surface area contributed by atoms with Crippen molar-refractivity contribution in [3.63, 3.8) is 0 Å². The fourth-order valence-corrected chi connectivity index (χ4v) is 1.28. The third-order valence-corrected chi connectivity index (χ3v) is 2.36. The largest absolute Gasteiger partial charge is 0.248 e. The maximum absolute atomic E-state index is 2.39. The second-order valence-electron chi connectivity index (χ2n) is 3.43. The van der Waals surface area contributed by atoms with E-state index in [2.05, 4.69) is 26.2 Å². The van der Waals surface area contributed by atoms with E-state index in [9.17, 15) is 0 Å². The molecule has 0 saturated carbocycles. The standard InChI is InChI=1S/C7H17N2/c1-8-6-4-5-7-9(8,2)3/h4-7H2,1-3H3/q+1. The predicted molar refractivity (Wildman–Crippen MR) is 38.8 cm³/mol. The summed E-state index contributed by atoms with van der Waals surface area (Å²) in [6.45, 7) is 2.56. The van der Waals surface area contributed by atoms with Crippen molar-refractivity contribution in [2.24, 2.45) is 0 Å². The molecule has 0 unspecified atom stereocenters. The topological polar surface area (TPSA) is 3.24 Å². The third-order valence-electron chi connectivity index (χ3n) is 2.36. The number of quaternary nitrogens is 1. The molecule has 0 amide bonds. The molecule has 0 aromatic carbocycles. The first kappa shape index (κ1) is 7.03. The van der Waals surface area contributed by atoms with Crippen LogP contribution in [0.1, 0.15) is 12.8 Å². The first-order valence-electron chi connectivity index (χ1n) is 3.67. The first-order valence-corrected chi connectivity index (χ1v) is 3.67. The Balaban J connectivity index is 2.49. The van der Waals surface area contributed by atoms with Crippen molar-refractivity contribution < 1.29 is 4.59 Å². The van der Waals surface area contributed by atoms with E-state index < -0.39 is 0 Å². The quantitative estimate of drug-likeness (QED) is 0.435. The Morgan fingerprint density at radius 1 is 1.22 bits per heavy atom. The van der Waals surface area contributed by atoms with Crippen molar-refractivity contribution in [2.75, 3.05) is 34.2 Å². The molecule has 0 atom stereocenters. The van der Waals surface area contributed by atoms with Gasteiger partial charge in [0, 0.05) is 13.6 Å². The molecule has 0 aromatic rings. The minimum atomic E-state index is 1.07. The summed E-state index contributed by atoms with van der Waals surface area (Å²) in [7, 11) is 6.72. The van der Waals surface area contributed by atoms with Crippen LogP contribution in [0.15, 0.2) is 0 Å². The van der Waals surface area contributed by atoms with Crippen LogP contribution in [-0.2, 0) is 0 Å². The van der Waals surface area contributed by atoms with Gasteiger partial charge in [0.25, 0.3) is 0 Å². The van der Waals surface area contributed by atoms with Gasteiger partial charge in [-0.3, -0.25) is 0 Å². The summed E-state index contributed by atoms with van der Waals surface area (Å²) in [6, 6.07) is 0. The second kappa shape index (κ2) is 2.27. The average Bonchev–Trinajstić information content (AvgIpc) is 1.77. The van der Waals surface area contributed by atoms with E-state index in [1.165, 1.54) is 25.9 Å². The van der Waals surface area contributed by atoms with Gasteiger partial charge in [-0.05, 0) is 12.8 Å². The second-order valence-corrected chi connectivity index (χ2v) is 3.43. The Morgan fingerprint density at radius 3 is 2.22 bits per heavy atom. The molecule has 1 saturated heterocycles. The van der Waals surface area contributed by atoms with E-state index in [1.54, 1.807) is 0 Å². The van der Waals surface area contributed by atoms with Gasteiger partial charge in [-0.1, -0.05) is 0 Å². The molecule has 1 heterocycles. The van der Waals surface area contributed by atoms with E-state index in [4.69, 9.17) is 0 Å². The number of hydrogen-bond acceptors (Lipinski definition) is 1. The normalized spacial score (nSPS) is 28.3. The lowest BCUT2D eigenvalue weighted by atomic mass is 10.2. The molecule has 1 aliphatic rings. The van der Waals surface area contributed by atoms with Crippen LogP contribution < -0.4 is 0 Å². The molecule has 0 N–H and O–H groups in total. The summed E-state index contributed by atoms with van der Waals surface area (Å²) < 4.78 is 1.07. The Bertz CT molecular complexity index is 99.1. The Labute approximate surface area is 57.6 Å². The molecule has 2 nitrogen and oxygen atoms in total. The maximum atomic E-state index is 2.39. The minimum Gasteiger partial charge on any atom is -0.248 e. The first-order chi connectivity index (χ1) is 4.13. The summed E-state index contributed by atoms with van der Waals surface area (Å²) in [4.78, 5) is 0. The van der Waals surface area contributed by atoms with Crippen LogP contribution >= 0.6 is 0 Å². The summed E-state index contributed by atoms with van der Waals surface area (Å²) in [6.07, 6.45) is 2.76. The van der Waals surface area contributed by atoms with Crippen molar-refractivity contribution in [1.82, 2.24) is 5.01 Å². The highest BCUT2D eigenvalue weighted by molar-refractivity contribution is 4.48. The van der Waals surface area contributed by atoms with E-state index >= 15 is 0 Å². The fraction of sp³-hybridized carbons (Fsp3) is 1.00. The van der Waals surface area contributed by atoms with E-state index in [1.807, 2.05) is 0 Å². The van der Waals surface area contributed by atoms with Gasteiger partial charge in [-0.15, -0.1) is 0 Å². The highest BCUT2D eigenvalue weighted by atomic mass is 15.7. The van der Waals surface area contributed by atoms with Crippen LogP contribution in [-0.4, -0.2) is 43.8 Å². The van der Waals surface area contributed by atoms with Gasteiger partial charge >= 0.3 is 0 Å². The van der Waals surface area contributed by atoms with Crippen LogP contribution in [0.5, 0.6) is 0 Å². The van der Waals surface area contributed by atoms with Gasteiger partial charge in [0.2, 0.25) is 0 Å². The van der Waals surface area contributed by atoms with Crippen LogP contribution in [0.25, 0.3) is 0 Å². The predicted octanol–water partition coefficient (Wildman–Crippen LogP) is 0.703. The van der Waals surface area contributed by atoms with Gasteiger partial charge in [0.15, 0.2) is 0 Å². The van der Waals surface area contributed by atoms with Gasteiger partial charge in [-0.25, -0.2) is 4.59 Å². The Hall–Kier alpha value is -0.0800. The minimum absolute atomic E-state index is 1.07. The van der Waals surface area contributed by atoms with Crippen LogP contribution in [0.2, 0.25) is 0 Å². The smallest absolute Gasteiger partial charge is 0.0960 e. The summed E-state index contributed by atoms with van der Waals surface area (Å²) in [5.74, 6) is 0. The zero-order valence-corrected chi connectivity index (χ0v) is 6.72. The van der Waals surface area contributed by atoms with Gasteiger partial charge < -0.3 is 0 Å². The average molecular weight is 129 g/mol. The number of rotatable bonds is 0. The van der Waals surface area contributed by atoms with Crippen molar-refractivity contribution in [3.05, 3.63) is 0 Å². The molecule has 0 aliphatic carbocycles. The lowest BCUT2D eigenvalue weighted by Gasteiger charge is -2.40. The highest BCUT2D eigenvalue weighted by Gasteiger charge is 2.24. The van der Waals surface area contributed by atoms with E-state index in [0.29, 0.717) is 0 Å². The molecule has 1 rings (SSSR count). The molecule has 0 aromatic heterocycles. The molecule has 54 valence electrons. The van der Waals surface area contributed by atoms with Gasteiger partial charge in [0.1, 0.15) is 0 Å². The van der Waals surface area contributed by atoms with Crippen molar-refractivity contribution in [1.29, 1.82) is 0 Å². The highest BCUT2D eigenvalue weighted by Crippen LogP contribution is 2.12. The summed E-state index contributed by atoms with van der Waals surface area (Å²) in [5, 5.41) is 2.39.